The Morgan fingerprint density at radius 2 is 2.15 bits per heavy atom. The molecular formula is C8H11N3O2. The second-order valence-electron chi connectivity index (χ2n) is 2.77. The maximum absolute atomic E-state index is 11.1. The Labute approximate surface area is 75.4 Å². The Hall–Kier alpha value is -1.78. The first-order valence-electron chi connectivity index (χ1n) is 3.76. The lowest BCUT2D eigenvalue weighted by atomic mass is 10.4. The van der Waals surface area contributed by atoms with Gasteiger partial charge in [0.15, 0.2) is 0 Å². The lowest BCUT2D eigenvalue weighted by Gasteiger charge is -2.11. The minimum Gasteiger partial charge on any atom is -0.331 e. The number of H-pyrrole nitrogens is 1. The smallest absolute Gasteiger partial charge is 0.321 e. The van der Waals surface area contributed by atoms with Crippen LogP contribution in [-0.2, 0) is 0 Å². The van der Waals surface area contributed by atoms with Crippen molar-refractivity contribution in [2.75, 3.05) is 19.4 Å². The number of hydrogen-bond acceptors (Lipinski definition) is 2. The highest BCUT2D eigenvalue weighted by molar-refractivity contribution is 5.88. The van der Waals surface area contributed by atoms with E-state index in [0.717, 1.165) is 0 Å². The molecular weight excluding hydrogens is 170 g/mol. The number of carbonyl (C=O) groups excluding carboxylic acids is 1. The minimum absolute atomic E-state index is 0.192. The second kappa shape index (κ2) is 3.75. The van der Waals surface area contributed by atoms with Crippen LogP contribution in [0.15, 0.2) is 23.1 Å². The van der Waals surface area contributed by atoms with Crippen LogP contribution in [0.4, 0.5) is 10.5 Å². The third-order valence-electron chi connectivity index (χ3n) is 1.44. The average Bonchev–Trinajstić information content (AvgIpc) is 2.08. The number of anilines is 1. The fourth-order valence-electron chi connectivity index (χ4n) is 0.724. The molecule has 1 heterocycles. The van der Waals surface area contributed by atoms with Crippen molar-refractivity contribution in [3.8, 4) is 0 Å². The van der Waals surface area contributed by atoms with Crippen LogP contribution in [0, 0.1) is 0 Å². The predicted octanol–water partition coefficient (Wildman–Crippen LogP) is 0.468. The van der Waals surface area contributed by atoms with Crippen LogP contribution in [0.3, 0.4) is 0 Å². The molecule has 0 atom stereocenters. The van der Waals surface area contributed by atoms with E-state index in [4.69, 9.17) is 0 Å². The minimum atomic E-state index is -0.230. The molecule has 0 saturated heterocycles. The van der Waals surface area contributed by atoms with Gasteiger partial charge >= 0.3 is 6.03 Å². The SMILES string of the molecule is CN(C)C(=O)Nc1ccc(=O)[nH]c1. The van der Waals surface area contributed by atoms with E-state index in [-0.39, 0.29) is 11.6 Å². The summed E-state index contributed by atoms with van der Waals surface area (Å²) in [5, 5.41) is 2.59. The highest BCUT2D eigenvalue weighted by Gasteiger charge is 2.02. The number of pyridine rings is 1. The van der Waals surface area contributed by atoms with Crippen LogP contribution < -0.4 is 10.9 Å². The number of nitrogens with zero attached hydrogens (tertiary/aromatic N) is 1. The summed E-state index contributed by atoms with van der Waals surface area (Å²) in [7, 11) is 3.28. The molecule has 2 amide bonds. The molecule has 0 aliphatic heterocycles. The zero-order chi connectivity index (χ0) is 9.84. The van der Waals surface area contributed by atoms with Gasteiger partial charge in [0.05, 0.1) is 5.69 Å². The zero-order valence-corrected chi connectivity index (χ0v) is 7.50. The molecule has 0 spiro atoms. The number of hydrogen-bond donors (Lipinski definition) is 2. The molecule has 2 N–H and O–H groups in total. The van der Waals surface area contributed by atoms with Gasteiger partial charge in [-0.25, -0.2) is 4.79 Å². The van der Waals surface area contributed by atoms with Crippen LogP contribution >= 0.6 is 0 Å². The molecule has 1 aromatic rings. The lowest BCUT2D eigenvalue weighted by Crippen LogP contribution is -2.27. The van der Waals surface area contributed by atoms with E-state index in [1.54, 1.807) is 20.2 Å². The summed E-state index contributed by atoms with van der Waals surface area (Å²) in [5.41, 5.74) is 0.376. The van der Waals surface area contributed by atoms with Crippen molar-refractivity contribution in [2.45, 2.75) is 0 Å². The van der Waals surface area contributed by atoms with Gasteiger partial charge in [-0.05, 0) is 6.07 Å². The van der Waals surface area contributed by atoms with Gasteiger partial charge in [-0.1, -0.05) is 0 Å². The topological polar surface area (TPSA) is 65.2 Å². The molecule has 0 bridgehead atoms. The number of carbonyl (C=O) groups is 1. The fraction of sp³-hybridized carbons (Fsp3) is 0.250. The molecule has 5 nitrogen and oxygen atoms in total. The van der Waals surface area contributed by atoms with E-state index in [1.165, 1.54) is 17.2 Å². The Kier molecular flexibility index (Phi) is 2.69. The Balaban J connectivity index is 2.70. The molecule has 70 valence electrons. The van der Waals surface area contributed by atoms with Crippen LogP contribution in [0.25, 0.3) is 0 Å². The lowest BCUT2D eigenvalue weighted by molar-refractivity contribution is 0.230. The third kappa shape index (κ3) is 2.62. The van der Waals surface area contributed by atoms with Crippen molar-refractivity contribution >= 4 is 11.7 Å². The molecule has 0 aliphatic rings. The Bertz CT molecular complexity index is 336. The van der Waals surface area contributed by atoms with Gasteiger partial charge in [0.2, 0.25) is 5.56 Å². The van der Waals surface area contributed by atoms with Gasteiger partial charge in [0.1, 0.15) is 0 Å². The van der Waals surface area contributed by atoms with Crippen molar-refractivity contribution in [2.24, 2.45) is 0 Å². The van der Waals surface area contributed by atoms with Crippen molar-refractivity contribution in [1.29, 1.82) is 0 Å². The molecule has 0 aromatic carbocycles. The van der Waals surface area contributed by atoms with Gasteiger partial charge in [0, 0.05) is 26.4 Å². The number of rotatable bonds is 1. The average molecular weight is 181 g/mol. The van der Waals surface area contributed by atoms with Crippen molar-refractivity contribution in [3.63, 3.8) is 0 Å². The van der Waals surface area contributed by atoms with Crippen molar-refractivity contribution in [3.05, 3.63) is 28.7 Å². The predicted molar refractivity (Wildman–Crippen MR) is 49.8 cm³/mol. The van der Waals surface area contributed by atoms with Gasteiger partial charge < -0.3 is 15.2 Å². The number of amides is 2. The summed E-state index contributed by atoms with van der Waals surface area (Å²) >= 11 is 0. The number of nitrogens with one attached hydrogen (secondary N) is 2. The first kappa shape index (κ1) is 9.31. The zero-order valence-electron chi connectivity index (χ0n) is 7.50. The van der Waals surface area contributed by atoms with Gasteiger partial charge in [-0.15, -0.1) is 0 Å². The summed E-state index contributed by atoms with van der Waals surface area (Å²) in [4.78, 5) is 25.6. The first-order chi connectivity index (χ1) is 6.09. The molecule has 0 radical (unpaired) electrons. The summed E-state index contributed by atoms with van der Waals surface area (Å²) < 4.78 is 0. The van der Waals surface area contributed by atoms with Crippen LogP contribution in [-0.4, -0.2) is 30.0 Å². The van der Waals surface area contributed by atoms with E-state index >= 15 is 0 Å². The molecule has 0 saturated carbocycles. The highest BCUT2D eigenvalue weighted by atomic mass is 16.2. The molecule has 13 heavy (non-hydrogen) atoms. The second-order valence-corrected chi connectivity index (χ2v) is 2.77. The summed E-state index contributed by atoms with van der Waals surface area (Å²) in [6, 6.07) is 2.66. The standard InChI is InChI=1S/C8H11N3O2/c1-11(2)8(13)10-6-3-4-7(12)9-5-6/h3-5H,1-2H3,(H,9,12)(H,10,13). The van der Waals surface area contributed by atoms with Crippen molar-refractivity contribution < 1.29 is 4.79 Å². The number of aromatic nitrogens is 1. The van der Waals surface area contributed by atoms with Gasteiger partial charge in [0.25, 0.3) is 0 Å². The summed E-state index contributed by atoms with van der Waals surface area (Å²) in [6.07, 6.45) is 1.45. The van der Waals surface area contributed by atoms with E-state index in [1.807, 2.05) is 0 Å². The summed E-state index contributed by atoms with van der Waals surface area (Å²) in [5.74, 6) is 0. The molecule has 0 fully saturated rings. The van der Waals surface area contributed by atoms with E-state index in [0.29, 0.717) is 5.69 Å². The quantitative estimate of drug-likeness (QED) is 0.661. The normalized spacial score (nSPS) is 9.38. The third-order valence-corrected chi connectivity index (χ3v) is 1.44. The molecule has 1 aromatic heterocycles. The van der Waals surface area contributed by atoms with Crippen LogP contribution in [0.2, 0.25) is 0 Å². The number of aromatic amines is 1. The Morgan fingerprint density at radius 3 is 2.62 bits per heavy atom. The first-order valence-corrected chi connectivity index (χ1v) is 3.76. The van der Waals surface area contributed by atoms with E-state index in [2.05, 4.69) is 10.3 Å². The molecule has 5 heteroatoms. The fourth-order valence-corrected chi connectivity index (χ4v) is 0.724. The van der Waals surface area contributed by atoms with Crippen molar-refractivity contribution in [1.82, 2.24) is 9.88 Å². The maximum Gasteiger partial charge on any atom is 0.321 e. The molecule has 0 aliphatic carbocycles. The highest BCUT2D eigenvalue weighted by Crippen LogP contribution is 2.00. The number of urea groups is 1. The summed E-state index contributed by atoms with van der Waals surface area (Å²) in [6.45, 7) is 0. The molecule has 0 unspecified atom stereocenters. The Morgan fingerprint density at radius 1 is 1.46 bits per heavy atom. The van der Waals surface area contributed by atoms with Crippen LogP contribution in [0.1, 0.15) is 0 Å². The van der Waals surface area contributed by atoms with Gasteiger partial charge in [-0.2, -0.15) is 0 Å². The molecule has 1 rings (SSSR count). The van der Waals surface area contributed by atoms with E-state index < -0.39 is 0 Å². The van der Waals surface area contributed by atoms with E-state index in [9.17, 15) is 9.59 Å². The largest absolute Gasteiger partial charge is 0.331 e. The maximum atomic E-state index is 11.1. The van der Waals surface area contributed by atoms with Crippen LogP contribution in [0.5, 0.6) is 0 Å². The van der Waals surface area contributed by atoms with Gasteiger partial charge in [-0.3, -0.25) is 4.79 Å². The monoisotopic (exact) mass is 181 g/mol.